The fraction of sp³-hybridized carbons (Fsp3) is 0.261. The Bertz CT molecular complexity index is 1110. The van der Waals surface area contributed by atoms with E-state index in [1.54, 1.807) is 16.8 Å². The highest BCUT2D eigenvalue weighted by molar-refractivity contribution is 6.04. The number of amides is 2. The second-order valence-corrected chi connectivity index (χ2v) is 7.28. The van der Waals surface area contributed by atoms with Gasteiger partial charge in [0.25, 0.3) is 0 Å². The molecule has 2 aromatic carbocycles. The molecule has 0 atom stereocenters. The van der Waals surface area contributed by atoms with Gasteiger partial charge in [-0.25, -0.2) is 4.79 Å². The van der Waals surface area contributed by atoms with E-state index in [1.165, 1.54) is 7.11 Å². The molecule has 0 radical (unpaired) electrons. The minimum absolute atomic E-state index is 0.0205. The molecular weight excluding hydrogens is 382 g/mol. The van der Waals surface area contributed by atoms with Crippen LogP contribution in [0.15, 0.2) is 42.6 Å². The number of aromatic nitrogens is 1. The number of methoxy groups -OCH3 is 1. The van der Waals surface area contributed by atoms with Gasteiger partial charge in [-0.1, -0.05) is 35.9 Å². The molecule has 3 aromatic rings. The number of hydrogen-bond acceptors (Lipinski definition) is 4. The van der Waals surface area contributed by atoms with Gasteiger partial charge in [0.05, 0.1) is 19.2 Å². The Morgan fingerprint density at radius 2 is 1.67 bits per heavy atom. The van der Waals surface area contributed by atoms with E-state index in [2.05, 4.69) is 10.6 Å². The molecule has 3 rings (SSSR count). The molecule has 0 aliphatic heterocycles. The van der Waals surface area contributed by atoms with E-state index in [9.17, 15) is 14.4 Å². The van der Waals surface area contributed by atoms with Gasteiger partial charge < -0.3 is 19.9 Å². The van der Waals surface area contributed by atoms with Crippen LogP contribution in [0.2, 0.25) is 0 Å². The molecule has 2 amide bonds. The molecule has 0 unspecified atom stereocenters. The first kappa shape index (κ1) is 21.1. The number of nitrogens with one attached hydrogen (secondary N) is 2. The molecule has 0 spiro atoms. The van der Waals surface area contributed by atoms with Crippen LogP contribution < -0.4 is 10.6 Å². The van der Waals surface area contributed by atoms with E-state index in [4.69, 9.17) is 4.74 Å². The number of carbonyl (C=O) groups excluding carboxylic acids is 3. The van der Waals surface area contributed by atoms with Crippen molar-refractivity contribution >= 4 is 34.4 Å². The minimum atomic E-state index is -0.464. The number of carbonyl (C=O) groups is 3. The normalized spacial score (nSPS) is 10.7. The molecule has 7 nitrogen and oxygen atoms in total. The lowest BCUT2D eigenvalue weighted by Crippen LogP contribution is -2.35. The van der Waals surface area contributed by atoms with Crippen LogP contribution in [0.4, 0.5) is 5.69 Å². The van der Waals surface area contributed by atoms with Crippen molar-refractivity contribution < 1.29 is 19.1 Å². The standard InChI is InChI=1S/C23H25N3O4/c1-14-9-15(2)22(16(3)10-14)25-20(27)11-24-21(28)13-26-12-18(23(29)30-4)17-7-5-6-8-19(17)26/h5-10,12H,11,13H2,1-4H3,(H,24,28)(H,25,27). The molecule has 30 heavy (non-hydrogen) atoms. The van der Waals surface area contributed by atoms with Gasteiger partial charge in [0.2, 0.25) is 11.8 Å². The average molecular weight is 407 g/mol. The Balaban J connectivity index is 1.65. The van der Waals surface area contributed by atoms with Crippen molar-refractivity contribution in [2.24, 2.45) is 0 Å². The van der Waals surface area contributed by atoms with Gasteiger partial charge in [-0.05, 0) is 38.0 Å². The van der Waals surface area contributed by atoms with Crippen LogP contribution in [-0.2, 0) is 20.9 Å². The maximum atomic E-state index is 12.4. The predicted octanol–water partition coefficient (Wildman–Crippen LogP) is 3.11. The van der Waals surface area contributed by atoms with E-state index >= 15 is 0 Å². The van der Waals surface area contributed by atoms with Crippen molar-refractivity contribution in [1.82, 2.24) is 9.88 Å². The van der Waals surface area contributed by atoms with Gasteiger partial charge >= 0.3 is 5.97 Å². The number of nitrogens with zero attached hydrogens (tertiary/aromatic N) is 1. The van der Waals surface area contributed by atoms with Crippen molar-refractivity contribution in [2.45, 2.75) is 27.3 Å². The minimum Gasteiger partial charge on any atom is -0.465 e. The highest BCUT2D eigenvalue weighted by Gasteiger charge is 2.17. The average Bonchev–Trinajstić information content (AvgIpc) is 3.07. The predicted molar refractivity (Wildman–Crippen MR) is 116 cm³/mol. The van der Waals surface area contributed by atoms with Gasteiger partial charge in [-0.3, -0.25) is 9.59 Å². The van der Waals surface area contributed by atoms with Crippen LogP contribution in [0.5, 0.6) is 0 Å². The summed E-state index contributed by atoms with van der Waals surface area (Å²) >= 11 is 0. The van der Waals surface area contributed by atoms with Crippen LogP contribution in [0.3, 0.4) is 0 Å². The number of aryl methyl sites for hydroxylation is 3. The number of rotatable bonds is 6. The quantitative estimate of drug-likeness (QED) is 0.615. The smallest absolute Gasteiger partial charge is 0.340 e. The maximum Gasteiger partial charge on any atom is 0.340 e. The van der Waals surface area contributed by atoms with Gasteiger partial charge in [-0.15, -0.1) is 0 Å². The van der Waals surface area contributed by atoms with Crippen molar-refractivity contribution in [3.8, 4) is 0 Å². The molecular formula is C23H25N3O4. The number of anilines is 1. The Morgan fingerprint density at radius 1 is 1.00 bits per heavy atom. The lowest BCUT2D eigenvalue weighted by atomic mass is 10.1. The largest absolute Gasteiger partial charge is 0.465 e. The SMILES string of the molecule is COC(=O)c1cn(CC(=O)NCC(=O)Nc2c(C)cc(C)cc2C)c2ccccc12. The number of para-hydroxylation sites is 1. The van der Waals surface area contributed by atoms with Gasteiger partial charge in [0, 0.05) is 22.8 Å². The van der Waals surface area contributed by atoms with E-state index in [0.717, 1.165) is 27.9 Å². The molecule has 2 N–H and O–H groups in total. The second-order valence-electron chi connectivity index (χ2n) is 7.28. The summed E-state index contributed by atoms with van der Waals surface area (Å²) in [6.07, 6.45) is 1.59. The molecule has 1 heterocycles. The number of ether oxygens (including phenoxy) is 1. The molecule has 0 saturated carbocycles. The van der Waals surface area contributed by atoms with Gasteiger partial charge in [0.15, 0.2) is 0 Å². The Morgan fingerprint density at radius 3 is 2.33 bits per heavy atom. The molecule has 156 valence electrons. The number of esters is 1. The molecule has 0 aliphatic rings. The van der Waals surface area contributed by atoms with Gasteiger partial charge in [-0.2, -0.15) is 0 Å². The van der Waals surface area contributed by atoms with Crippen LogP contribution in [0.1, 0.15) is 27.0 Å². The lowest BCUT2D eigenvalue weighted by molar-refractivity contribution is -0.124. The summed E-state index contributed by atoms with van der Waals surface area (Å²) in [6, 6.07) is 11.3. The van der Waals surface area contributed by atoms with E-state index in [1.807, 2.05) is 51.1 Å². The monoisotopic (exact) mass is 407 g/mol. The number of fused-ring (bicyclic) bond motifs is 1. The fourth-order valence-corrected chi connectivity index (χ4v) is 3.60. The maximum absolute atomic E-state index is 12.4. The first-order valence-electron chi connectivity index (χ1n) is 9.60. The van der Waals surface area contributed by atoms with Crippen molar-refractivity contribution in [3.63, 3.8) is 0 Å². The summed E-state index contributed by atoms with van der Waals surface area (Å²) < 4.78 is 6.49. The van der Waals surface area contributed by atoms with E-state index in [-0.39, 0.29) is 24.9 Å². The molecule has 0 saturated heterocycles. The summed E-state index contributed by atoms with van der Waals surface area (Å²) in [5.41, 5.74) is 4.97. The zero-order valence-corrected chi connectivity index (χ0v) is 17.5. The summed E-state index contributed by atoms with van der Waals surface area (Å²) in [5, 5.41) is 6.20. The third-order valence-electron chi connectivity index (χ3n) is 4.90. The summed E-state index contributed by atoms with van der Waals surface area (Å²) in [4.78, 5) is 36.7. The summed E-state index contributed by atoms with van der Waals surface area (Å²) in [7, 11) is 1.32. The topological polar surface area (TPSA) is 89.4 Å². The Hall–Kier alpha value is -3.61. The number of benzene rings is 2. The van der Waals surface area contributed by atoms with Crippen LogP contribution in [-0.4, -0.2) is 36.0 Å². The molecule has 0 aliphatic carbocycles. The zero-order chi connectivity index (χ0) is 21.8. The van der Waals surface area contributed by atoms with Crippen molar-refractivity contribution in [1.29, 1.82) is 0 Å². The summed E-state index contributed by atoms with van der Waals surface area (Å²) in [5.74, 6) is -1.10. The zero-order valence-electron chi connectivity index (χ0n) is 17.5. The van der Waals surface area contributed by atoms with E-state index < -0.39 is 5.97 Å². The molecule has 0 fully saturated rings. The fourth-order valence-electron chi connectivity index (χ4n) is 3.60. The third kappa shape index (κ3) is 4.51. The van der Waals surface area contributed by atoms with Gasteiger partial charge in [0.1, 0.15) is 6.54 Å². The third-order valence-corrected chi connectivity index (χ3v) is 4.90. The number of hydrogen-bond donors (Lipinski definition) is 2. The van der Waals surface area contributed by atoms with Crippen molar-refractivity contribution in [3.05, 3.63) is 64.8 Å². The Labute approximate surface area is 175 Å². The molecule has 0 bridgehead atoms. The Kier molecular flexibility index (Phi) is 6.20. The lowest BCUT2D eigenvalue weighted by Gasteiger charge is -2.13. The molecule has 7 heteroatoms. The highest BCUT2D eigenvalue weighted by atomic mass is 16.5. The summed E-state index contributed by atoms with van der Waals surface area (Å²) in [6.45, 7) is 5.71. The van der Waals surface area contributed by atoms with Crippen molar-refractivity contribution in [2.75, 3.05) is 19.0 Å². The second kappa shape index (κ2) is 8.82. The van der Waals surface area contributed by atoms with Crippen LogP contribution in [0.25, 0.3) is 10.9 Å². The van der Waals surface area contributed by atoms with Crippen LogP contribution in [0, 0.1) is 20.8 Å². The van der Waals surface area contributed by atoms with Crippen LogP contribution >= 0.6 is 0 Å². The first-order chi connectivity index (χ1) is 14.3. The van der Waals surface area contributed by atoms with E-state index in [0.29, 0.717) is 10.9 Å². The first-order valence-corrected chi connectivity index (χ1v) is 9.60. The highest BCUT2D eigenvalue weighted by Crippen LogP contribution is 2.23. The molecule has 1 aromatic heterocycles.